The molecular formula is C27H23N3O3. The summed E-state index contributed by atoms with van der Waals surface area (Å²) in [6, 6.07) is 21.1. The molecule has 1 aliphatic heterocycles. The van der Waals surface area contributed by atoms with Crippen molar-refractivity contribution in [1.29, 1.82) is 0 Å². The molecule has 2 amide bonds. The van der Waals surface area contributed by atoms with Gasteiger partial charge in [-0.05, 0) is 48.4 Å². The predicted molar refractivity (Wildman–Crippen MR) is 130 cm³/mol. The van der Waals surface area contributed by atoms with Crippen LogP contribution in [0, 0.1) is 0 Å². The molecule has 4 aromatic rings. The number of aromatic nitrogens is 1. The first-order chi connectivity index (χ1) is 16.0. The van der Waals surface area contributed by atoms with Gasteiger partial charge in [-0.15, -0.1) is 0 Å². The lowest BCUT2D eigenvalue weighted by molar-refractivity contribution is 0.101. The topological polar surface area (TPSA) is 72.4 Å². The Morgan fingerprint density at radius 3 is 2.64 bits per heavy atom. The van der Waals surface area contributed by atoms with Crippen molar-refractivity contribution in [3.8, 4) is 16.9 Å². The Bertz CT molecular complexity index is 1420. The molecule has 0 saturated carbocycles. The Balaban J connectivity index is 1.54. The van der Waals surface area contributed by atoms with Crippen LogP contribution in [-0.2, 0) is 7.05 Å². The summed E-state index contributed by atoms with van der Waals surface area (Å²) in [7, 11) is 1.99. The summed E-state index contributed by atoms with van der Waals surface area (Å²) in [6.07, 6.45) is 3.81. The summed E-state index contributed by atoms with van der Waals surface area (Å²) in [4.78, 5) is 25.0. The van der Waals surface area contributed by atoms with Crippen molar-refractivity contribution in [3.63, 3.8) is 0 Å². The van der Waals surface area contributed by atoms with Crippen LogP contribution in [0.2, 0.25) is 0 Å². The monoisotopic (exact) mass is 437 g/mol. The third-order valence-electron chi connectivity index (χ3n) is 5.68. The van der Waals surface area contributed by atoms with Crippen LogP contribution in [0.1, 0.15) is 22.8 Å². The minimum absolute atomic E-state index is 0.209. The average molecular weight is 437 g/mol. The van der Waals surface area contributed by atoms with E-state index in [2.05, 4.69) is 39.5 Å². The lowest BCUT2D eigenvalue weighted by Crippen LogP contribution is -2.28. The fourth-order valence-corrected chi connectivity index (χ4v) is 4.19. The minimum atomic E-state index is -0.316. The van der Waals surface area contributed by atoms with Crippen LogP contribution in [0.4, 0.5) is 10.5 Å². The molecular weight excluding hydrogens is 414 g/mol. The summed E-state index contributed by atoms with van der Waals surface area (Å²) in [5, 5.41) is 6.46. The van der Waals surface area contributed by atoms with E-state index in [1.165, 1.54) is 0 Å². The molecule has 0 radical (unpaired) electrons. The highest BCUT2D eigenvalue weighted by Gasteiger charge is 2.28. The molecule has 6 nitrogen and oxygen atoms in total. The third kappa shape index (κ3) is 3.76. The molecule has 1 aromatic heterocycles. The number of hydrogen-bond donors (Lipinski definition) is 2. The molecule has 33 heavy (non-hydrogen) atoms. The first-order valence-corrected chi connectivity index (χ1v) is 10.8. The van der Waals surface area contributed by atoms with Crippen molar-refractivity contribution in [2.45, 2.75) is 6.92 Å². The van der Waals surface area contributed by atoms with E-state index in [0.29, 0.717) is 23.5 Å². The number of carbonyl (C=O) groups is 2. The zero-order valence-corrected chi connectivity index (χ0v) is 18.4. The van der Waals surface area contributed by atoms with Crippen LogP contribution in [-0.4, -0.2) is 22.9 Å². The van der Waals surface area contributed by atoms with E-state index >= 15 is 0 Å². The number of fused-ring (bicyclic) bond motifs is 2. The molecule has 0 aliphatic carbocycles. The second kappa shape index (κ2) is 8.31. The van der Waals surface area contributed by atoms with Crippen molar-refractivity contribution in [2.24, 2.45) is 7.05 Å². The van der Waals surface area contributed by atoms with Crippen LogP contribution >= 0.6 is 0 Å². The van der Waals surface area contributed by atoms with E-state index < -0.39 is 0 Å². The van der Waals surface area contributed by atoms with Crippen molar-refractivity contribution in [2.75, 3.05) is 11.9 Å². The fourth-order valence-electron chi connectivity index (χ4n) is 4.19. The Kier molecular flexibility index (Phi) is 5.18. The number of ketones is 1. The van der Waals surface area contributed by atoms with Gasteiger partial charge < -0.3 is 19.9 Å². The molecule has 0 atom stereocenters. The van der Waals surface area contributed by atoms with Gasteiger partial charge in [0, 0.05) is 41.9 Å². The largest absolute Gasteiger partial charge is 0.452 e. The van der Waals surface area contributed by atoms with Crippen molar-refractivity contribution in [1.82, 2.24) is 9.88 Å². The Morgan fingerprint density at radius 2 is 1.85 bits per heavy atom. The highest BCUT2D eigenvalue weighted by molar-refractivity contribution is 6.16. The van der Waals surface area contributed by atoms with Gasteiger partial charge in [-0.3, -0.25) is 4.79 Å². The van der Waals surface area contributed by atoms with Gasteiger partial charge in [-0.2, -0.15) is 0 Å². The maximum absolute atomic E-state index is 13.1. The van der Waals surface area contributed by atoms with Gasteiger partial charge in [0.2, 0.25) is 5.78 Å². The lowest BCUT2D eigenvalue weighted by atomic mass is 9.98. The summed E-state index contributed by atoms with van der Waals surface area (Å²) in [6.45, 7) is 2.36. The number of hydrogen-bond acceptors (Lipinski definition) is 3. The number of urea groups is 1. The summed E-state index contributed by atoms with van der Waals surface area (Å²) in [5.74, 6) is 0.533. The van der Waals surface area contributed by atoms with E-state index in [1.54, 1.807) is 24.3 Å². The van der Waals surface area contributed by atoms with Gasteiger partial charge in [0.1, 0.15) is 5.75 Å². The maximum atomic E-state index is 13.1. The van der Waals surface area contributed by atoms with Crippen LogP contribution in [0.25, 0.3) is 28.1 Å². The number of aryl methyl sites for hydroxylation is 1. The molecule has 1 aliphatic rings. The number of amides is 2. The highest BCUT2D eigenvalue weighted by Crippen LogP contribution is 2.37. The van der Waals surface area contributed by atoms with E-state index in [9.17, 15) is 9.59 Å². The standard InChI is InChI=1S/C27H23N3O3/c1-3-28-27(32)29-19-12-13-23-21(15-19)26(31)24(33-23)14-18-16-30(2)22-11-7-10-20(25(18)22)17-8-5-4-6-9-17/h4-16H,3H2,1-2H3,(H2,28,29,32). The molecule has 2 N–H and O–H groups in total. The van der Waals surface area contributed by atoms with Crippen LogP contribution in [0.3, 0.4) is 0 Å². The number of nitrogens with one attached hydrogen (secondary N) is 2. The summed E-state index contributed by atoms with van der Waals surface area (Å²) < 4.78 is 7.96. The highest BCUT2D eigenvalue weighted by atomic mass is 16.5. The number of Topliss-reactive ketones (excluding diaryl/α,β-unsaturated/α-hetero) is 1. The number of ether oxygens (including phenoxy) is 1. The smallest absolute Gasteiger partial charge is 0.319 e. The van der Waals surface area contributed by atoms with Gasteiger partial charge in [0.15, 0.2) is 5.76 Å². The summed E-state index contributed by atoms with van der Waals surface area (Å²) >= 11 is 0. The Hall–Kier alpha value is -4.32. The zero-order chi connectivity index (χ0) is 22.9. The molecule has 0 unspecified atom stereocenters. The van der Waals surface area contributed by atoms with Gasteiger partial charge in [-0.25, -0.2) is 4.79 Å². The molecule has 0 saturated heterocycles. The fraction of sp³-hybridized carbons (Fsp3) is 0.111. The molecule has 3 aromatic carbocycles. The first kappa shape index (κ1) is 20.6. The van der Waals surface area contributed by atoms with E-state index in [1.807, 2.05) is 44.4 Å². The number of allylic oxidation sites excluding steroid dienone is 1. The van der Waals surface area contributed by atoms with Crippen LogP contribution in [0.5, 0.6) is 5.75 Å². The summed E-state index contributed by atoms with van der Waals surface area (Å²) in [5.41, 5.74) is 5.14. The van der Waals surface area contributed by atoms with Gasteiger partial charge in [-0.1, -0.05) is 42.5 Å². The van der Waals surface area contributed by atoms with E-state index in [0.717, 1.165) is 27.6 Å². The Morgan fingerprint density at radius 1 is 1.03 bits per heavy atom. The van der Waals surface area contributed by atoms with Crippen molar-refractivity contribution >= 4 is 34.5 Å². The van der Waals surface area contributed by atoms with Gasteiger partial charge >= 0.3 is 6.03 Å². The second-order valence-corrected chi connectivity index (χ2v) is 7.90. The maximum Gasteiger partial charge on any atom is 0.319 e. The quantitative estimate of drug-likeness (QED) is 0.408. The third-order valence-corrected chi connectivity index (χ3v) is 5.68. The average Bonchev–Trinajstić information content (AvgIpc) is 3.31. The molecule has 0 fully saturated rings. The van der Waals surface area contributed by atoms with E-state index in [4.69, 9.17) is 4.74 Å². The van der Waals surface area contributed by atoms with E-state index in [-0.39, 0.29) is 17.6 Å². The normalized spacial score (nSPS) is 13.8. The Labute approximate surface area is 191 Å². The molecule has 0 bridgehead atoms. The molecule has 0 spiro atoms. The van der Waals surface area contributed by atoms with Gasteiger partial charge in [0.25, 0.3) is 0 Å². The van der Waals surface area contributed by atoms with Crippen LogP contribution in [0.15, 0.2) is 78.7 Å². The number of benzene rings is 3. The second-order valence-electron chi connectivity index (χ2n) is 7.90. The number of anilines is 1. The zero-order valence-electron chi connectivity index (χ0n) is 18.4. The van der Waals surface area contributed by atoms with Crippen molar-refractivity contribution in [3.05, 3.63) is 89.8 Å². The predicted octanol–water partition coefficient (Wildman–Crippen LogP) is 5.60. The lowest BCUT2D eigenvalue weighted by Gasteiger charge is -2.06. The first-order valence-electron chi connectivity index (χ1n) is 10.8. The molecule has 6 heteroatoms. The number of nitrogens with zero attached hydrogens (tertiary/aromatic N) is 1. The SMILES string of the molecule is CCNC(=O)Nc1ccc2c(c1)C(=O)C(=Cc1cn(C)c3cccc(-c4ccccc4)c13)O2. The minimum Gasteiger partial charge on any atom is -0.452 e. The molecule has 2 heterocycles. The molecule has 5 rings (SSSR count). The van der Waals surface area contributed by atoms with Gasteiger partial charge in [0.05, 0.1) is 5.56 Å². The number of carbonyl (C=O) groups excluding carboxylic acids is 2. The molecule has 164 valence electrons. The van der Waals surface area contributed by atoms with Crippen LogP contribution < -0.4 is 15.4 Å². The number of rotatable bonds is 4. The van der Waals surface area contributed by atoms with Crippen molar-refractivity contribution < 1.29 is 14.3 Å².